The van der Waals surface area contributed by atoms with Crippen molar-refractivity contribution < 1.29 is 24.1 Å². The Morgan fingerprint density at radius 2 is 1.91 bits per heavy atom. The number of fused-ring (bicyclic) bond motifs is 2. The lowest BCUT2D eigenvalue weighted by atomic mass is 9.89. The molecule has 0 aromatic rings. The molecule has 5 heteroatoms. The Balaban J connectivity index is 2.09. The average Bonchev–Trinajstić information content (AvgIpc) is 2.44. The molecule has 2 rings (SSSR count). The van der Waals surface area contributed by atoms with E-state index in [-0.39, 0.29) is 42.9 Å². The summed E-state index contributed by atoms with van der Waals surface area (Å²) in [4.78, 5) is 12.2. The number of hydrogen-bond donors (Lipinski definition) is 1. The van der Waals surface area contributed by atoms with E-state index in [0.717, 1.165) is 32.1 Å². The minimum atomic E-state index is -0.383. The molecule has 2 fully saturated rings. The Morgan fingerprint density at radius 1 is 1.17 bits per heavy atom. The van der Waals surface area contributed by atoms with Crippen molar-refractivity contribution in [2.24, 2.45) is 5.92 Å². The average molecular weight is 328 g/mol. The molecule has 0 spiro atoms. The van der Waals surface area contributed by atoms with Crippen molar-refractivity contribution in [1.29, 1.82) is 0 Å². The van der Waals surface area contributed by atoms with Crippen molar-refractivity contribution in [3.63, 3.8) is 0 Å². The van der Waals surface area contributed by atoms with Crippen LogP contribution in [0.1, 0.15) is 65.2 Å². The molecule has 0 radical (unpaired) electrons. The quantitative estimate of drug-likeness (QED) is 0.807. The number of cyclic esters (lactones) is 1. The number of hydrogen-bond acceptors (Lipinski definition) is 5. The second kappa shape index (κ2) is 9.00. The fourth-order valence-corrected chi connectivity index (χ4v) is 3.91. The summed E-state index contributed by atoms with van der Waals surface area (Å²) in [6, 6.07) is 0. The zero-order valence-corrected chi connectivity index (χ0v) is 14.7. The van der Waals surface area contributed by atoms with Crippen LogP contribution in [-0.4, -0.2) is 48.7 Å². The molecule has 2 heterocycles. The molecule has 2 saturated heterocycles. The minimum Gasteiger partial charge on any atom is -0.462 e. The van der Waals surface area contributed by atoms with Gasteiger partial charge in [0.05, 0.1) is 30.8 Å². The molecular formula is C18H32O5. The topological polar surface area (TPSA) is 65.0 Å². The molecule has 23 heavy (non-hydrogen) atoms. The number of esters is 1. The molecule has 0 aromatic heterocycles. The normalized spacial score (nSPS) is 39.9. The lowest BCUT2D eigenvalue weighted by Gasteiger charge is -2.36. The van der Waals surface area contributed by atoms with Crippen LogP contribution in [0.3, 0.4) is 0 Å². The number of rotatable bonds is 3. The SMILES string of the molecule is CCC[C@@H]1C[C@H](OC)C[C@H](C)C[C@@H]2C[C@H](O)C[C@H](CC(=O)O1)O2. The van der Waals surface area contributed by atoms with E-state index in [4.69, 9.17) is 14.2 Å². The number of aliphatic hydroxyl groups is 1. The molecule has 1 N–H and O–H groups in total. The van der Waals surface area contributed by atoms with Crippen molar-refractivity contribution in [3.05, 3.63) is 0 Å². The highest BCUT2D eigenvalue weighted by Crippen LogP contribution is 2.30. The van der Waals surface area contributed by atoms with E-state index in [2.05, 4.69) is 13.8 Å². The van der Waals surface area contributed by atoms with Gasteiger partial charge in [0.2, 0.25) is 0 Å². The van der Waals surface area contributed by atoms with Gasteiger partial charge in [0.1, 0.15) is 6.10 Å². The fraction of sp³-hybridized carbons (Fsp3) is 0.944. The first-order valence-electron chi connectivity index (χ1n) is 9.05. The number of ether oxygens (including phenoxy) is 3. The van der Waals surface area contributed by atoms with Crippen LogP contribution in [0.15, 0.2) is 0 Å². The van der Waals surface area contributed by atoms with E-state index >= 15 is 0 Å². The van der Waals surface area contributed by atoms with Gasteiger partial charge in [-0.15, -0.1) is 0 Å². The van der Waals surface area contributed by atoms with Crippen LogP contribution >= 0.6 is 0 Å². The second-order valence-electron chi connectivity index (χ2n) is 7.28. The number of aliphatic hydroxyl groups excluding tert-OH is 1. The molecule has 2 bridgehead atoms. The van der Waals surface area contributed by atoms with E-state index in [1.807, 2.05) is 0 Å². The Kier molecular flexibility index (Phi) is 7.31. The first kappa shape index (κ1) is 18.7. The zero-order chi connectivity index (χ0) is 16.8. The summed E-state index contributed by atoms with van der Waals surface area (Å²) < 4.78 is 17.3. The number of carbonyl (C=O) groups is 1. The summed E-state index contributed by atoms with van der Waals surface area (Å²) in [5.41, 5.74) is 0. The molecule has 0 amide bonds. The van der Waals surface area contributed by atoms with E-state index in [0.29, 0.717) is 18.8 Å². The smallest absolute Gasteiger partial charge is 0.308 e. The summed E-state index contributed by atoms with van der Waals surface area (Å²) in [6.07, 6.45) is 5.28. The standard InChI is InChI=1S/C18H32O5/c1-4-5-14-10-15(21-3)6-12(2)7-16-8-13(19)9-17(22-16)11-18(20)23-14/h12-17,19H,4-11H2,1-3H3/t12-,13-,14+,15+,16+,17+/m0/s1. The largest absolute Gasteiger partial charge is 0.462 e. The first-order chi connectivity index (χ1) is 11.0. The summed E-state index contributed by atoms with van der Waals surface area (Å²) in [6.45, 7) is 4.30. The van der Waals surface area contributed by atoms with Crippen molar-refractivity contribution in [3.8, 4) is 0 Å². The highest BCUT2D eigenvalue weighted by Gasteiger charge is 2.33. The highest BCUT2D eigenvalue weighted by molar-refractivity contribution is 5.70. The molecule has 5 nitrogen and oxygen atoms in total. The Morgan fingerprint density at radius 3 is 2.61 bits per heavy atom. The highest BCUT2D eigenvalue weighted by atomic mass is 16.6. The number of carbonyl (C=O) groups excluding carboxylic acids is 1. The Bertz CT molecular complexity index is 372. The summed E-state index contributed by atoms with van der Waals surface area (Å²) in [7, 11) is 1.73. The summed E-state index contributed by atoms with van der Waals surface area (Å²) >= 11 is 0. The monoisotopic (exact) mass is 328 g/mol. The zero-order valence-electron chi connectivity index (χ0n) is 14.7. The van der Waals surface area contributed by atoms with Crippen LogP contribution in [0.2, 0.25) is 0 Å². The van der Waals surface area contributed by atoms with Crippen LogP contribution in [0.5, 0.6) is 0 Å². The van der Waals surface area contributed by atoms with E-state index in [1.165, 1.54) is 0 Å². The van der Waals surface area contributed by atoms with Crippen LogP contribution in [0.4, 0.5) is 0 Å². The molecule has 134 valence electrons. The Hall–Kier alpha value is -0.650. The molecule has 0 unspecified atom stereocenters. The van der Waals surface area contributed by atoms with Gasteiger partial charge < -0.3 is 19.3 Å². The van der Waals surface area contributed by atoms with Gasteiger partial charge >= 0.3 is 5.97 Å². The second-order valence-corrected chi connectivity index (χ2v) is 7.28. The van der Waals surface area contributed by atoms with Gasteiger partial charge in [-0.1, -0.05) is 20.3 Å². The lowest BCUT2D eigenvalue weighted by molar-refractivity contribution is -0.162. The fourth-order valence-electron chi connectivity index (χ4n) is 3.91. The van der Waals surface area contributed by atoms with Crippen molar-refractivity contribution >= 4 is 5.97 Å². The predicted molar refractivity (Wildman–Crippen MR) is 87.1 cm³/mol. The van der Waals surface area contributed by atoms with Gasteiger partial charge in [0.25, 0.3) is 0 Å². The molecule has 2 aliphatic rings. The molecule has 6 atom stereocenters. The lowest BCUT2D eigenvalue weighted by Crippen LogP contribution is -2.39. The summed E-state index contributed by atoms with van der Waals surface area (Å²) in [5, 5.41) is 10.1. The molecule has 2 aliphatic heterocycles. The van der Waals surface area contributed by atoms with Gasteiger partial charge in [-0.25, -0.2) is 0 Å². The van der Waals surface area contributed by atoms with Crippen molar-refractivity contribution in [2.75, 3.05) is 7.11 Å². The molecule has 0 aromatic carbocycles. The number of methoxy groups -OCH3 is 1. The van der Waals surface area contributed by atoms with Crippen LogP contribution in [0, 0.1) is 5.92 Å². The van der Waals surface area contributed by atoms with Crippen LogP contribution in [0.25, 0.3) is 0 Å². The van der Waals surface area contributed by atoms with Crippen molar-refractivity contribution in [1.82, 2.24) is 0 Å². The Labute approximate surface area is 139 Å². The van der Waals surface area contributed by atoms with Crippen LogP contribution in [-0.2, 0) is 19.0 Å². The van der Waals surface area contributed by atoms with Crippen molar-refractivity contribution in [2.45, 2.75) is 95.7 Å². The van der Waals surface area contributed by atoms with Gasteiger partial charge in [0.15, 0.2) is 0 Å². The van der Waals surface area contributed by atoms with E-state index in [9.17, 15) is 9.90 Å². The molecule has 0 saturated carbocycles. The van der Waals surface area contributed by atoms with Gasteiger partial charge in [-0.05, 0) is 31.6 Å². The third-order valence-electron chi connectivity index (χ3n) is 4.95. The third-order valence-corrected chi connectivity index (χ3v) is 4.95. The maximum absolute atomic E-state index is 12.2. The van der Waals surface area contributed by atoms with E-state index < -0.39 is 0 Å². The van der Waals surface area contributed by atoms with Gasteiger partial charge in [0, 0.05) is 20.0 Å². The molecule has 0 aliphatic carbocycles. The molecular weight excluding hydrogens is 296 g/mol. The summed E-state index contributed by atoms with van der Waals surface area (Å²) in [5.74, 6) is 0.234. The van der Waals surface area contributed by atoms with Crippen LogP contribution < -0.4 is 0 Å². The third kappa shape index (κ3) is 6.05. The predicted octanol–water partition coefficient (Wildman–Crippen LogP) is 2.83. The van der Waals surface area contributed by atoms with Gasteiger partial charge in [-0.3, -0.25) is 4.79 Å². The minimum absolute atomic E-state index is 0.0231. The maximum Gasteiger partial charge on any atom is 0.308 e. The van der Waals surface area contributed by atoms with Gasteiger partial charge in [-0.2, -0.15) is 0 Å². The first-order valence-corrected chi connectivity index (χ1v) is 9.05. The maximum atomic E-state index is 12.2. The van der Waals surface area contributed by atoms with E-state index in [1.54, 1.807) is 7.11 Å².